The van der Waals surface area contributed by atoms with Gasteiger partial charge in [-0.1, -0.05) is 18.2 Å². The molecule has 0 saturated carbocycles. The predicted octanol–water partition coefficient (Wildman–Crippen LogP) is -0.106. The third-order valence-electron chi connectivity index (χ3n) is 3.19. The molecule has 3 N–H and O–H groups in total. The number of carbonyl (C=O) groups is 1. The van der Waals surface area contributed by atoms with Gasteiger partial charge in [0.05, 0.1) is 18.1 Å². The molecule has 7 heteroatoms. The van der Waals surface area contributed by atoms with Crippen LogP contribution >= 0.6 is 0 Å². The van der Waals surface area contributed by atoms with E-state index in [1.54, 1.807) is 24.3 Å². The van der Waals surface area contributed by atoms with Gasteiger partial charge in [0.2, 0.25) is 5.91 Å². The van der Waals surface area contributed by atoms with E-state index in [1.807, 2.05) is 0 Å². The molecule has 2 rings (SSSR count). The number of carbonyl (C=O) groups excluding carboxylic acids is 1. The first-order valence-corrected chi connectivity index (χ1v) is 8.25. The first-order valence-electron chi connectivity index (χ1n) is 6.42. The number of benzene rings is 1. The van der Waals surface area contributed by atoms with Crippen molar-refractivity contribution in [2.75, 3.05) is 23.4 Å². The number of nitrogens with one attached hydrogen (secondary N) is 2. The third-order valence-corrected chi connectivity index (χ3v) is 4.93. The summed E-state index contributed by atoms with van der Waals surface area (Å²) in [5, 5.41) is 14.9. The van der Waals surface area contributed by atoms with Crippen molar-refractivity contribution < 1.29 is 18.3 Å². The predicted molar refractivity (Wildman–Crippen MR) is 76.1 cm³/mol. The van der Waals surface area contributed by atoms with Gasteiger partial charge in [-0.05, 0) is 6.07 Å². The smallest absolute Gasteiger partial charge is 0.225 e. The molecule has 1 atom stereocenters. The molecule has 0 aromatic heterocycles. The van der Waals surface area contributed by atoms with E-state index in [0.717, 1.165) is 0 Å². The molecule has 0 spiro atoms. The van der Waals surface area contributed by atoms with Crippen LogP contribution in [0, 0.1) is 0 Å². The van der Waals surface area contributed by atoms with Gasteiger partial charge in [0.25, 0.3) is 0 Å². The molecular formula is C13H18N2O4S. The minimum atomic E-state index is -3.05. The fraction of sp³-hybridized carbons (Fsp3) is 0.462. The van der Waals surface area contributed by atoms with Gasteiger partial charge < -0.3 is 15.7 Å². The lowest BCUT2D eigenvalue weighted by atomic mass is 10.1. The van der Waals surface area contributed by atoms with Crippen LogP contribution < -0.4 is 10.6 Å². The number of hydrogen-bond donors (Lipinski definition) is 3. The Morgan fingerprint density at radius 3 is 2.85 bits per heavy atom. The lowest BCUT2D eigenvalue weighted by molar-refractivity contribution is -0.116. The largest absolute Gasteiger partial charge is 0.392 e. The minimum absolute atomic E-state index is 0.0118. The fourth-order valence-electron chi connectivity index (χ4n) is 2.20. The molecule has 0 bridgehead atoms. The topological polar surface area (TPSA) is 95.5 Å². The Morgan fingerprint density at radius 1 is 1.40 bits per heavy atom. The summed E-state index contributed by atoms with van der Waals surface area (Å²) in [4.78, 5) is 11.9. The van der Waals surface area contributed by atoms with E-state index in [-0.39, 0.29) is 36.5 Å². The summed E-state index contributed by atoms with van der Waals surface area (Å²) in [6.07, 6.45) is 0.0962. The van der Waals surface area contributed by atoms with Crippen molar-refractivity contribution in [3.63, 3.8) is 0 Å². The molecule has 1 heterocycles. The molecule has 20 heavy (non-hydrogen) atoms. The van der Waals surface area contributed by atoms with Gasteiger partial charge >= 0.3 is 0 Å². The third kappa shape index (κ3) is 4.03. The van der Waals surface area contributed by atoms with Gasteiger partial charge in [0.15, 0.2) is 9.84 Å². The molecule has 1 aliphatic heterocycles. The van der Waals surface area contributed by atoms with Crippen molar-refractivity contribution in [2.45, 2.75) is 19.1 Å². The number of para-hydroxylation sites is 1. The molecule has 1 unspecified atom stereocenters. The first-order chi connectivity index (χ1) is 9.50. The quantitative estimate of drug-likeness (QED) is 0.721. The Labute approximate surface area is 118 Å². The van der Waals surface area contributed by atoms with E-state index < -0.39 is 9.84 Å². The maximum Gasteiger partial charge on any atom is 0.225 e. The molecule has 0 aliphatic carbocycles. The van der Waals surface area contributed by atoms with E-state index in [1.165, 1.54) is 0 Å². The molecule has 1 fully saturated rings. The lowest BCUT2D eigenvalue weighted by Crippen LogP contribution is -2.46. The van der Waals surface area contributed by atoms with E-state index in [4.69, 9.17) is 0 Å². The van der Waals surface area contributed by atoms with Crippen molar-refractivity contribution >= 4 is 21.4 Å². The summed E-state index contributed by atoms with van der Waals surface area (Å²) in [7, 11) is -3.05. The van der Waals surface area contributed by atoms with Gasteiger partial charge in [-0.3, -0.25) is 4.79 Å². The summed E-state index contributed by atoms with van der Waals surface area (Å²) >= 11 is 0. The van der Waals surface area contributed by atoms with E-state index >= 15 is 0 Å². The maximum atomic E-state index is 11.9. The van der Waals surface area contributed by atoms with Crippen LogP contribution in [0.15, 0.2) is 24.3 Å². The first kappa shape index (κ1) is 15.0. The summed E-state index contributed by atoms with van der Waals surface area (Å²) < 4.78 is 23.0. The Kier molecular flexibility index (Phi) is 4.74. The monoisotopic (exact) mass is 298 g/mol. The average Bonchev–Trinajstić information content (AvgIpc) is 2.38. The normalized spacial score (nSPS) is 21.4. The van der Waals surface area contributed by atoms with Crippen LogP contribution in [0.5, 0.6) is 0 Å². The summed E-state index contributed by atoms with van der Waals surface area (Å²) in [5.74, 6) is -0.152. The standard InChI is InChI=1S/C13H18N2O4S/c16-8-10-3-1-2-4-12(10)15-13(17)7-11-9-20(18,19)6-5-14-11/h1-4,11,14,16H,5-9H2,(H,15,17). The SMILES string of the molecule is O=C(CC1CS(=O)(=O)CCN1)Nc1ccccc1CO. The van der Waals surface area contributed by atoms with Crippen LogP contribution in [0.4, 0.5) is 5.69 Å². The molecule has 1 amide bonds. The van der Waals surface area contributed by atoms with Gasteiger partial charge in [-0.2, -0.15) is 0 Å². The van der Waals surface area contributed by atoms with Crippen LogP contribution in [-0.2, 0) is 21.2 Å². The number of aliphatic hydroxyl groups excluding tert-OH is 1. The van der Waals surface area contributed by atoms with Crippen LogP contribution in [0.2, 0.25) is 0 Å². The zero-order valence-corrected chi connectivity index (χ0v) is 11.8. The van der Waals surface area contributed by atoms with Crippen molar-refractivity contribution in [3.05, 3.63) is 29.8 Å². The van der Waals surface area contributed by atoms with E-state index in [0.29, 0.717) is 17.8 Å². The van der Waals surface area contributed by atoms with Crippen LogP contribution in [0.25, 0.3) is 0 Å². The Morgan fingerprint density at radius 2 is 2.15 bits per heavy atom. The highest BCUT2D eigenvalue weighted by Crippen LogP contribution is 2.15. The second-order valence-electron chi connectivity index (χ2n) is 4.83. The molecule has 1 saturated heterocycles. The highest BCUT2D eigenvalue weighted by molar-refractivity contribution is 7.91. The van der Waals surface area contributed by atoms with Crippen molar-refractivity contribution in [1.82, 2.24) is 5.32 Å². The highest BCUT2D eigenvalue weighted by atomic mass is 32.2. The van der Waals surface area contributed by atoms with Gasteiger partial charge in [-0.25, -0.2) is 8.42 Å². The Balaban J connectivity index is 1.95. The number of anilines is 1. The molecule has 0 radical (unpaired) electrons. The van der Waals surface area contributed by atoms with Gasteiger partial charge in [0.1, 0.15) is 0 Å². The number of hydrogen-bond acceptors (Lipinski definition) is 5. The Bertz CT molecular complexity index is 586. The number of amides is 1. The summed E-state index contributed by atoms with van der Waals surface area (Å²) in [5.41, 5.74) is 1.18. The second-order valence-corrected chi connectivity index (χ2v) is 7.06. The average molecular weight is 298 g/mol. The van der Waals surface area contributed by atoms with Crippen molar-refractivity contribution in [1.29, 1.82) is 0 Å². The molecule has 1 aromatic carbocycles. The molecular weight excluding hydrogens is 280 g/mol. The number of sulfone groups is 1. The van der Waals surface area contributed by atoms with Crippen molar-refractivity contribution in [2.24, 2.45) is 0 Å². The number of rotatable bonds is 4. The molecule has 6 nitrogen and oxygen atoms in total. The summed E-state index contributed by atoms with van der Waals surface area (Å²) in [6.45, 7) is 0.222. The van der Waals surface area contributed by atoms with Crippen LogP contribution in [-0.4, -0.2) is 43.5 Å². The molecule has 110 valence electrons. The number of aliphatic hydroxyl groups is 1. The lowest BCUT2D eigenvalue weighted by Gasteiger charge is -2.23. The van der Waals surface area contributed by atoms with Crippen LogP contribution in [0.1, 0.15) is 12.0 Å². The minimum Gasteiger partial charge on any atom is -0.392 e. The zero-order valence-electron chi connectivity index (χ0n) is 11.0. The summed E-state index contributed by atoms with van der Waals surface area (Å²) in [6, 6.07) is 6.61. The van der Waals surface area contributed by atoms with Gasteiger partial charge in [0, 0.05) is 30.3 Å². The van der Waals surface area contributed by atoms with Gasteiger partial charge in [-0.15, -0.1) is 0 Å². The van der Waals surface area contributed by atoms with E-state index in [9.17, 15) is 18.3 Å². The maximum absolute atomic E-state index is 11.9. The molecule has 1 aliphatic rings. The second kappa shape index (κ2) is 6.34. The van der Waals surface area contributed by atoms with Crippen LogP contribution in [0.3, 0.4) is 0 Å². The zero-order chi connectivity index (χ0) is 14.6. The fourth-order valence-corrected chi connectivity index (χ4v) is 3.65. The Hall–Kier alpha value is -1.44. The molecule has 1 aromatic rings. The highest BCUT2D eigenvalue weighted by Gasteiger charge is 2.26. The van der Waals surface area contributed by atoms with Crippen molar-refractivity contribution in [3.8, 4) is 0 Å². The van der Waals surface area contributed by atoms with E-state index in [2.05, 4.69) is 10.6 Å².